The van der Waals surface area contributed by atoms with E-state index in [1.54, 1.807) is 31.4 Å². The van der Waals surface area contributed by atoms with Crippen molar-refractivity contribution in [1.29, 1.82) is 0 Å². The lowest BCUT2D eigenvalue weighted by Gasteiger charge is -2.23. The summed E-state index contributed by atoms with van der Waals surface area (Å²) in [6, 6.07) is 11.8. The van der Waals surface area contributed by atoms with Gasteiger partial charge in [0.1, 0.15) is 11.6 Å². The molecule has 2 rings (SSSR count). The highest BCUT2D eigenvalue weighted by atomic mass is 127. The lowest BCUT2D eigenvalue weighted by atomic mass is 9.85. The van der Waals surface area contributed by atoms with Crippen LogP contribution in [0.4, 0.5) is 10.1 Å². The quantitative estimate of drug-likeness (QED) is 0.369. The second-order valence-electron chi connectivity index (χ2n) is 6.07. The van der Waals surface area contributed by atoms with E-state index in [2.05, 4.69) is 10.3 Å². The van der Waals surface area contributed by atoms with Gasteiger partial charge in [-0.25, -0.2) is 4.39 Å². The van der Waals surface area contributed by atoms with Crippen molar-refractivity contribution < 1.29 is 9.13 Å². The normalized spacial score (nSPS) is 11.6. The van der Waals surface area contributed by atoms with E-state index in [1.807, 2.05) is 19.9 Å². The van der Waals surface area contributed by atoms with E-state index in [9.17, 15) is 4.39 Å². The van der Waals surface area contributed by atoms with Crippen molar-refractivity contribution in [3.8, 4) is 5.75 Å². The van der Waals surface area contributed by atoms with Crippen molar-refractivity contribution in [3.05, 3.63) is 58.9 Å². The molecule has 4 nitrogen and oxygen atoms in total. The maximum atomic E-state index is 13.4. The lowest BCUT2D eigenvalue weighted by Crippen LogP contribution is -2.27. The van der Waals surface area contributed by atoms with Crippen LogP contribution in [-0.2, 0) is 5.41 Å². The molecular weight excluding hydrogens is 456 g/mol. The Labute approximate surface area is 169 Å². The topological polar surface area (TPSA) is 59.6 Å². The van der Waals surface area contributed by atoms with E-state index in [0.29, 0.717) is 23.0 Å². The molecule has 0 atom stereocenters. The zero-order chi connectivity index (χ0) is 17.7. The maximum Gasteiger partial charge on any atom is 0.193 e. The van der Waals surface area contributed by atoms with Crippen LogP contribution in [0.3, 0.4) is 0 Å². The molecule has 0 aliphatic heterocycles. The summed E-state index contributed by atoms with van der Waals surface area (Å²) < 4.78 is 18.5. The highest BCUT2D eigenvalue weighted by molar-refractivity contribution is 14.0. The second kappa shape index (κ2) is 9.24. The largest absolute Gasteiger partial charge is 0.495 e. The molecule has 0 heterocycles. The number of nitrogens with one attached hydrogen (secondary N) is 1. The third-order valence-electron chi connectivity index (χ3n) is 3.67. The SMILES string of the molecule is COc1ccc(NC(N)=NCC(C)(C)c2cccc(F)c2)cc1Cl.I. The summed E-state index contributed by atoms with van der Waals surface area (Å²) in [5.41, 5.74) is 7.17. The van der Waals surface area contributed by atoms with Crippen molar-refractivity contribution in [2.45, 2.75) is 19.3 Å². The van der Waals surface area contributed by atoms with Gasteiger partial charge in [0.15, 0.2) is 5.96 Å². The molecule has 0 radical (unpaired) electrons. The number of guanidine groups is 1. The molecule has 0 fully saturated rings. The Morgan fingerprint density at radius 2 is 2.00 bits per heavy atom. The molecule has 3 N–H and O–H groups in total. The number of aliphatic imine (C=N–C) groups is 1. The van der Waals surface area contributed by atoms with Crippen LogP contribution in [0.25, 0.3) is 0 Å². The van der Waals surface area contributed by atoms with Gasteiger partial charge in [0.2, 0.25) is 0 Å². The maximum absolute atomic E-state index is 13.4. The summed E-state index contributed by atoms with van der Waals surface area (Å²) in [5.74, 6) is 0.592. The predicted octanol–water partition coefficient (Wildman–Crippen LogP) is 4.81. The van der Waals surface area contributed by atoms with Crippen LogP contribution in [-0.4, -0.2) is 19.6 Å². The Kier molecular flexibility index (Phi) is 7.95. The van der Waals surface area contributed by atoms with Crippen molar-refractivity contribution in [2.24, 2.45) is 10.7 Å². The lowest BCUT2D eigenvalue weighted by molar-refractivity contribution is 0.415. The summed E-state index contributed by atoms with van der Waals surface area (Å²) in [4.78, 5) is 4.36. The average molecular weight is 478 g/mol. The standard InChI is InChI=1S/C18H21ClFN3O.HI/c1-18(2,12-5-4-6-13(20)9-12)11-22-17(21)23-14-7-8-16(24-3)15(19)10-14;/h4-10H,11H2,1-3H3,(H3,21,22,23);1H. The summed E-state index contributed by atoms with van der Waals surface area (Å²) in [6.45, 7) is 4.39. The van der Waals surface area contributed by atoms with E-state index in [1.165, 1.54) is 12.1 Å². The van der Waals surface area contributed by atoms with Crippen LogP contribution < -0.4 is 15.8 Å². The van der Waals surface area contributed by atoms with Crippen molar-refractivity contribution in [1.82, 2.24) is 0 Å². The van der Waals surface area contributed by atoms with E-state index < -0.39 is 0 Å². The molecular formula is C18H22ClFIN3O. The number of ether oxygens (including phenoxy) is 1. The highest BCUT2D eigenvalue weighted by Crippen LogP contribution is 2.27. The van der Waals surface area contributed by atoms with Crippen LogP contribution in [0.5, 0.6) is 5.75 Å². The van der Waals surface area contributed by atoms with Gasteiger partial charge in [0.25, 0.3) is 0 Å². The molecule has 0 bridgehead atoms. The molecule has 2 aromatic rings. The molecule has 136 valence electrons. The van der Waals surface area contributed by atoms with Crippen LogP contribution >= 0.6 is 35.6 Å². The Hall–Kier alpha value is -1.54. The van der Waals surface area contributed by atoms with E-state index in [0.717, 1.165) is 5.56 Å². The number of nitrogens with zero attached hydrogens (tertiary/aromatic N) is 1. The van der Waals surface area contributed by atoms with Gasteiger partial charge in [-0.3, -0.25) is 4.99 Å². The highest BCUT2D eigenvalue weighted by Gasteiger charge is 2.20. The summed E-state index contributed by atoms with van der Waals surface area (Å²) in [7, 11) is 1.55. The van der Waals surface area contributed by atoms with Gasteiger partial charge in [-0.15, -0.1) is 24.0 Å². The summed E-state index contributed by atoms with van der Waals surface area (Å²) in [6.07, 6.45) is 0. The molecule has 7 heteroatoms. The van der Waals surface area contributed by atoms with Crippen molar-refractivity contribution in [2.75, 3.05) is 19.0 Å². The molecule has 0 amide bonds. The van der Waals surface area contributed by atoms with Gasteiger partial charge in [-0.05, 0) is 35.9 Å². The fourth-order valence-corrected chi connectivity index (χ4v) is 2.47. The first kappa shape index (κ1) is 21.5. The van der Waals surface area contributed by atoms with Gasteiger partial charge in [0.05, 0.1) is 18.7 Å². The van der Waals surface area contributed by atoms with Crippen LogP contribution in [0.1, 0.15) is 19.4 Å². The molecule has 0 aromatic heterocycles. The Bertz CT molecular complexity index is 753. The van der Waals surface area contributed by atoms with Crippen molar-refractivity contribution >= 4 is 47.2 Å². The third-order valence-corrected chi connectivity index (χ3v) is 3.97. The first-order valence-corrected chi connectivity index (χ1v) is 7.86. The number of hydrogen-bond acceptors (Lipinski definition) is 2. The Morgan fingerprint density at radius 3 is 2.60 bits per heavy atom. The number of nitrogens with two attached hydrogens (primary N) is 1. The smallest absolute Gasteiger partial charge is 0.193 e. The van der Waals surface area contributed by atoms with E-state index in [4.69, 9.17) is 22.1 Å². The molecule has 0 unspecified atom stereocenters. The van der Waals surface area contributed by atoms with Gasteiger partial charge < -0.3 is 15.8 Å². The Balaban J connectivity index is 0.00000312. The molecule has 0 spiro atoms. The minimum atomic E-state index is -0.341. The number of halogens is 3. The van der Waals surface area contributed by atoms with E-state index in [-0.39, 0.29) is 41.2 Å². The zero-order valence-electron chi connectivity index (χ0n) is 14.3. The van der Waals surface area contributed by atoms with Gasteiger partial charge in [-0.2, -0.15) is 0 Å². The minimum Gasteiger partial charge on any atom is -0.495 e. The first-order valence-electron chi connectivity index (χ1n) is 7.48. The number of benzene rings is 2. The zero-order valence-corrected chi connectivity index (χ0v) is 17.4. The molecule has 0 saturated heterocycles. The molecule has 25 heavy (non-hydrogen) atoms. The monoisotopic (exact) mass is 477 g/mol. The average Bonchev–Trinajstić information content (AvgIpc) is 2.53. The predicted molar refractivity (Wildman–Crippen MR) is 113 cm³/mol. The summed E-state index contributed by atoms with van der Waals surface area (Å²) >= 11 is 6.08. The van der Waals surface area contributed by atoms with Crippen LogP contribution in [0, 0.1) is 5.82 Å². The first-order chi connectivity index (χ1) is 11.3. The molecule has 0 aliphatic rings. The minimum absolute atomic E-state index is 0. The van der Waals surface area contributed by atoms with Gasteiger partial charge >= 0.3 is 0 Å². The second-order valence-corrected chi connectivity index (χ2v) is 6.48. The summed E-state index contributed by atoms with van der Waals surface area (Å²) in [5, 5.41) is 3.46. The number of methoxy groups -OCH3 is 1. The number of anilines is 1. The van der Waals surface area contributed by atoms with Crippen LogP contribution in [0.2, 0.25) is 5.02 Å². The fourth-order valence-electron chi connectivity index (χ4n) is 2.22. The number of rotatable bonds is 5. The van der Waals surface area contributed by atoms with Crippen molar-refractivity contribution in [3.63, 3.8) is 0 Å². The van der Waals surface area contributed by atoms with E-state index >= 15 is 0 Å². The van der Waals surface area contributed by atoms with Crippen LogP contribution in [0.15, 0.2) is 47.5 Å². The van der Waals surface area contributed by atoms with Gasteiger partial charge in [-0.1, -0.05) is 37.6 Å². The fraction of sp³-hybridized carbons (Fsp3) is 0.278. The molecule has 2 aromatic carbocycles. The van der Waals surface area contributed by atoms with Gasteiger partial charge in [0, 0.05) is 11.1 Å². The third kappa shape index (κ3) is 6.04. The Morgan fingerprint density at radius 1 is 1.28 bits per heavy atom. The molecule has 0 saturated carbocycles. The number of hydrogen-bond donors (Lipinski definition) is 2. The molecule has 0 aliphatic carbocycles.